The zero-order valence-corrected chi connectivity index (χ0v) is 16.3. The Morgan fingerprint density at radius 3 is 2.48 bits per heavy atom. The lowest BCUT2D eigenvalue weighted by atomic mass is 10.0. The summed E-state index contributed by atoms with van der Waals surface area (Å²) in [6, 6.07) is 23.8. The summed E-state index contributed by atoms with van der Waals surface area (Å²) in [6.07, 6.45) is 2.46. The highest BCUT2D eigenvalue weighted by Crippen LogP contribution is 2.31. The lowest BCUT2D eigenvalue weighted by molar-refractivity contribution is -0.133. The number of benzene rings is 3. The summed E-state index contributed by atoms with van der Waals surface area (Å²) < 4.78 is 2.00. The molecule has 0 saturated heterocycles. The summed E-state index contributed by atoms with van der Waals surface area (Å²) in [6.45, 7) is 0. The molecule has 1 heterocycles. The highest BCUT2D eigenvalue weighted by molar-refractivity contribution is 7.99. The van der Waals surface area contributed by atoms with E-state index in [1.807, 2.05) is 53.1 Å². The Bertz CT molecular complexity index is 1230. The van der Waals surface area contributed by atoms with Gasteiger partial charge in [-0.2, -0.15) is 5.26 Å². The fraction of sp³-hybridized carbons (Fsp3) is 0.0870. The van der Waals surface area contributed by atoms with E-state index >= 15 is 0 Å². The summed E-state index contributed by atoms with van der Waals surface area (Å²) in [5.41, 5.74) is 3.59. The van der Waals surface area contributed by atoms with Gasteiger partial charge in [-0.3, -0.25) is 9.36 Å². The highest BCUT2D eigenvalue weighted by atomic mass is 32.2. The van der Waals surface area contributed by atoms with Crippen molar-refractivity contribution in [3.8, 4) is 11.8 Å². The average molecular weight is 399 g/mol. The zero-order chi connectivity index (χ0) is 20.2. The maximum absolute atomic E-state index is 11.1. The Morgan fingerprint density at radius 1 is 1.03 bits per heavy atom. The minimum atomic E-state index is -0.890. The van der Waals surface area contributed by atoms with Crippen molar-refractivity contribution in [1.82, 2.24) is 9.55 Å². The smallest absolute Gasteiger partial charge is 0.313 e. The predicted molar refractivity (Wildman–Crippen MR) is 113 cm³/mol. The molecule has 0 unspecified atom stereocenters. The van der Waals surface area contributed by atoms with Crippen LogP contribution in [-0.2, 0) is 11.2 Å². The molecule has 29 heavy (non-hydrogen) atoms. The van der Waals surface area contributed by atoms with Crippen molar-refractivity contribution in [2.75, 3.05) is 5.75 Å². The van der Waals surface area contributed by atoms with Crippen LogP contribution in [0.4, 0.5) is 0 Å². The first-order valence-electron chi connectivity index (χ1n) is 9.04. The topological polar surface area (TPSA) is 78.9 Å². The minimum Gasteiger partial charge on any atom is -0.481 e. The molecule has 4 aromatic rings. The molecule has 1 aromatic heterocycles. The molecule has 0 aliphatic heterocycles. The Hall–Kier alpha value is -3.56. The summed E-state index contributed by atoms with van der Waals surface area (Å²) in [5.74, 6) is -0.963. The van der Waals surface area contributed by atoms with Crippen LogP contribution in [0.15, 0.2) is 78.1 Å². The normalized spacial score (nSPS) is 10.7. The number of carboxylic acid groups (broad SMARTS) is 1. The molecule has 3 aromatic carbocycles. The second-order valence-electron chi connectivity index (χ2n) is 6.50. The van der Waals surface area contributed by atoms with E-state index in [-0.39, 0.29) is 5.75 Å². The fourth-order valence-electron chi connectivity index (χ4n) is 3.36. The molecule has 0 radical (unpaired) electrons. The zero-order valence-electron chi connectivity index (χ0n) is 15.4. The standard InChI is InChI=1S/C23H17N3O2S/c24-13-17-10-11-21(20-9-5-4-8-19(17)20)26-18(12-16-6-2-1-3-7-16)14-25-23(26)29-15-22(27)28/h1-11,14H,12,15H2,(H,27,28). The highest BCUT2D eigenvalue weighted by Gasteiger charge is 2.17. The van der Waals surface area contributed by atoms with Crippen LogP contribution < -0.4 is 0 Å². The van der Waals surface area contributed by atoms with Gasteiger partial charge in [0.1, 0.15) is 0 Å². The minimum absolute atomic E-state index is 0.0734. The van der Waals surface area contributed by atoms with Crippen LogP contribution >= 0.6 is 11.8 Å². The van der Waals surface area contributed by atoms with Gasteiger partial charge in [-0.25, -0.2) is 4.98 Å². The lowest BCUT2D eigenvalue weighted by Gasteiger charge is -2.15. The SMILES string of the molecule is N#Cc1ccc(-n2c(Cc3ccccc3)cnc2SCC(=O)O)c2ccccc12. The largest absolute Gasteiger partial charge is 0.481 e. The van der Waals surface area contributed by atoms with Crippen molar-refractivity contribution >= 4 is 28.5 Å². The van der Waals surface area contributed by atoms with Crippen LogP contribution in [0.2, 0.25) is 0 Å². The van der Waals surface area contributed by atoms with Gasteiger partial charge in [0.25, 0.3) is 0 Å². The van der Waals surface area contributed by atoms with E-state index in [2.05, 4.69) is 23.2 Å². The first-order valence-corrected chi connectivity index (χ1v) is 10.0. The van der Waals surface area contributed by atoms with E-state index < -0.39 is 5.97 Å². The average Bonchev–Trinajstić information content (AvgIpc) is 3.14. The number of carboxylic acids is 1. The molecule has 0 bridgehead atoms. The Morgan fingerprint density at radius 2 is 1.76 bits per heavy atom. The van der Waals surface area contributed by atoms with Crippen molar-refractivity contribution in [2.45, 2.75) is 11.6 Å². The third-order valence-corrected chi connectivity index (χ3v) is 5.56. The number of carbonyl (C=O) groups is 1. The Labute approximate surface area is 172 Å². The number of hydrogen-bond donors (Lipinski definition) is 1. The lowest BCUT2D eigenvalue weighted by Crippen LogP contribution is -2.06. The molecule has 0 saturated carbocycles. The summed E-state index contributed by atoms with van der Waals surface area (Å²) in [4.78, 5) is 15.6. The number of fused-ring (bicyclic) bond motifs is 1. The summed E-state index contributed by atoms with van der Waals surface area (Å²) in [5, 5.41) is 21.0. The van der Waals surface area contributed by atoms with Crippen molar-refractivity contribution in [1.29, 1.82) is 5.26 Å². The van der Waals surface area contributed by atoms with Crippen LogP contribution in [0.5, 0.6) is 0 Å². The molecule has 6 heteroatoms. The van der Waals surface area contributed by atoms with Crippen LogP contribution in [0.1, 0.15) is 16.8 Å². The first kappa shape index (κ1) is 18.8. The van der Waals surface area contributed by atoms with E-state index in [0.29, 0.717) is 17.1 Å². The number of hydrogen-bond acceptors (Lipinski definition) is 4. The van der Waals surface area contributed by atoms with Crippen molar-refractivity contribution in [2.24, 2.45) is 0 Å². The number of aromatic nitrogens is 2. The van der Waals surface area contributed by atoms with Gasteiger partial charge in [0.05, 0.1) is 29.3 Å². The van der Waals surface area contributed by atoms with Crippen molar-refractivity contribution in [3.63, 3.8) is 0 Å². The Kier molecular flexibility index (Phi) is 5.32. The number of aliphatic carboxylic acids is 1. The van der Waals surface area contributed by atoms with Gasteiger partial charge in [0.2, 0.25) is 0 Å². The van der Waals surface area contributed by atoms with Gasteiger partial charge >= 0.3 is 5.97 Å². The molecule has 0 fully saturated rings. The van der Waals surface area contributed by atoms with E-state index in [0.717, 1.165) is 27.7 Å². The second kappa shape index (κ2) is 8.21. The Balaban J connectivity index is 1.89. The number of nitrogens with zero attached hydrogens (tertiary/aromatic N) is 3. The van der Waals surface area contributed by atoms with E-state index in [1.165, 1.54) is 11.8 Å². The molecule has 4 rings (SSSR count). The summed E-state index contributed by atoms with van der Waals surface area (Å²) >= 11 is 1.19. The first-order chi connectivity index (χ1) is 14.2. The third kappa shape index (κ3) is 3.86. The molecule has 0 aliphatic rings. The van der Waals surface area contributed by atoms with Crippen LogP contribution in [0, 0.1) is 11.3 Å². The quantitative estimate of drug-likeness (QED) is 0.477. The molecule has 1 N–H and O–H groups in total. The van der Waals surface area contributed by atoms with Crippen LogP contribution in [-0.4, -0.2) is 26.4 Å². The van der Waals surface area contributed by atoms with Crippen LogP contribution in [0.25, 0.3) is 16.5 Å². The van der Waals surface area contributed by atoms with Gasteiger partial charge in [0, 0.05) is 22.9 Å². The monoisotopic (exact) mass is 399 g/mol. The maximum Gasteiger partial charge on any atom is 0.313 e. The number of imidazole rings is 1. The molecule has 0 spiro atoms. The number of nitriles is 1. The van der Waals surface area contributed by atoms with Crippen LogP contribution in [0.3, 0.4) is 0 Å². The molecular formula is C23H17N3O2S. The van der Waals surface area contributed by atoms with Gasteiger partial charge in [-0.05, 0) is 17.7 Å². The molecule has 5 nitrogen and oxygen atoms in total. The fourth-order valence-corrected chi connectivity index (χ4v) is 4.08. The predicted octanol–water partition coefficient (Wildman–Crippen LogP) is 4.66. The van der Waals surface area contributed by atoms with Crippen molar-refractivity contribution < 1.29 is 9.90 Å². The van der Waals surface area contributed by atoms with Gasteiger partial charge in [-0.15, -0.1) is 0 Å². The van der Waals surface area contributed by atoms with Gasteiger partial charge < -0.3 is 5.11 Å². The van der Waals surface area contributed by atoms with E-state index in [4.69, 9.17) is 5.11 Å². The molecule has 0 aliphatic carbocycles. The van der Waals surface area contributed by atoms with E-state index in [9.17, 15) is 10.1 Å². The second-order valence-corrected chi connectivity index (χ2v) is 7.44. The van der Waals surface area contributed by atoms with Gasteiger partial charge in [-0.1, -0.05) is 66.4 Å². The molecular weight excluding hydrogens is 382 g/mol. The summed E-state index contributed by atoms with van der Waals surface area (Å²) in [7, 11) is 0. The number of rotatable bonds is 6. The molecule has 0 atom stereocenters. The molecule has 0 amide bonds. The number of thioether (sulfide) groups is 1. The molecule has 142 valence electrons. The van der Waals surface area contributed by atoms with Gasteiger partial charge in [0.15, 0.2) is 5.16 Å². The third-order valence-electron chi connectivity index (χ3n) is 4.62. The van der Waals surface area contributed by atoms with Crippen molar-refractivity contribution in [3.05, 3.63) is 89.7 Å². The maximum atomic E-state index is 11.1. The van der Waals surface area contributed by atoms with E-state index in [1.54, 1.807) is 12.3 Å².